The first-order chi connectivity index (χ1) is 11.0. The molecule has 2 aromatic rings. The lowest BCUT2D eigenvalue weighted by molar-refractivity contribution is -0.0300. The number of nitrogens with zero attached hydrogens (tertiary/aromatic N) is 2. The molecular formula is C17H20ClN3O2. The molecule has 1 aromatic heterocycles. The third kappa shape index (κ3) is 3.74. The van der Waals surface area contributed by atoms with Crippen molar-refractivity contribution in [3.05, 3.63) is 52.3 Å². The summed E-state index contributed by atoms with van der Waals surface area (Å²) in [5.74, 6) is -0.194. The molecule has 3 rings (SSSR count). The highest BCUT2D eigenvalue weighted by Crippen LogP contribution is 2.30. The Morgan fingerprint density at radius 2 is 2.26 bits per heavy atom. The number of hydrogen-bond donors (Lipinski definition) is 2. The molecule has 5 nitrogen and oxygen atoms in total. The van der Waals surface area contributed by atoms with Crippen LogP contribution in [0.15, 0.2) is 30.5 Å². The van der Waals surface area contributed by atoms with Crippen LogP contribution in [0, 0.1) is 6.92 Å². The summed E-state index contributed by atoms with van der Waals surface area (Å²) in [6.07, 6.45) is 4.25. The van der Waals surface area contributed by atoms with E-state index in [0.29, 0.717) is 29.4 Å². The fraction of sp³-hybridized carbons (Fsp3) is 0.412. The number of carbonyl (C=O) groups is 1. The number of nitrogens with one attached hydrogen (secondary N) is 1. The number of aryl methyl sites for hydroxylation is 1. The first-order valence-corrected chi connectivity index (χ1v) is 8.12. The molecular weight excluding hydrogens is 314 g/mol. The highest BCUT2D eigenvalue weighted by atomic mass is 35.5. The van der Waals surface area contributed by atoms with Crippen LogP contribution in [0.4, 0.5) is 0 Å². The number of rotatable bonds is 5. The average molecular weight is 334 g/mol. The third-order valence-corrected chi connectivity index (χ3v) is 4.52. The second-order valence-electron chi connectivity index (χ2n) is 6.22. The smallest absolute Gasteiger partial charge is 0.254 e. The van der Waals surface area contributed by atoms with Gasteiger partial charge in [0, 0.05) is 17.8 Å². The van der Waals surface area contributed by atoms with Crippen molar-refractivity contribution in [1.29, 1.82) is 0 Å². The van der Waals surface area contributed by atoms with E-state index in [-0.39, 0.29) is 5.91 Å². The van der Waals surface area contributed by atoms with E-state index in [1.165, 1.54) is 0 Å². The highest BCUT2D eigenvalue weighted by molar-refractivity contribution is 6.30. The monoisotopic (exact) mass is 333 g/mol. The Balaban J connectivity index is 1.66. The van der Waals surface area contributed by atoms with Crippen LogP contribution in [0.3, 0.4) is 0 Å². The van der Waals surface area contributed by atoms with Crippen molar-refractivity contribution < 1.29 is 9.90 Å². The van der Waals surface area contributed by atoms with E-state index in [9.17, 15) is 9.90 Å². The Morgan fingerprint density at radius 3 is 2.91 bits per heavy atom. The minimum Gasteiger partial charge on any atom is -0.388 e. The molecule has 1 fully saturated rings. The van der Waals surface area contributed by atoms with E-state index in [1.807, 2.05) is 24.3 Å². The van der Waals surface area contributed by atoms with Gasteiger partial charge in [-0.25, -0.2) is 0 Å². The molecule has 0 atom stereocenters. The Bertz CT molecular complexity index is 722. The van der Waals surface area contributed by atoms with Crippen molar-refractivity contribution in [2.45, 2.75) is 38.3 Å². The maximum absolute atomic E-state index is 12.3. The number of amides is 1. The Hall–Kier alpha value is -1.85. The number of aromatic nitrogens is 2. The lowest BCUT2D eigenvalue weighted by atomic mass is 9.80. The molecule has 6 heteroatoms. The van der Waals surface area contributed by atoms with Crippen LogP contribution in [-0.2, 0) is 6.54 Å². The van der Waals surface area contributed by atoms with Crippen LogP contribution >= 0.6 is 11.6 Å². The minimum absolute atomic E-state index is 0.194. The largest absolute Gasteiger partial charge is 0.388 e. The summed E-state index contributed by atoms with van der Waals surface area (Å²) in [6.45, 7) is 2.66. The van der Waals surface area contributed by atoms with Gasteiger partial charge in [0.05, 0.1) is 23.4 Å². The van der Waals surface area contributed by atoms with Crippen molar-refractivity contribution in [2.24, 2.45) is 0 Å². The van der Waals surface area contributed by atoms with Crippen molar-refractivity contribution in [1.82, 2.24) is 15.1 Å². The number of halogens is 1. The predicted octanol–water partition coefficient (Wildman–Crippen LogP) is 2.54. The standard InChI is InChI=1S/C17H20ClN3O2/c1-12-15(16(22)19-11-17(23)6-3-7-17)10-21(20-12)9-13-4-2-5-14(18)8-13/h2,4-5,8,10,23H,3,6-7,9,11H2,1H3,(H,19,22). The summed E-state index contributed by atoms with van der Waals surface area (Å²) < 4.78 is 1.73. The topological polar surface area (TPSA) is 67.2 Å². The van der Waals surface area contributed by atoms with Gasteiger partial charge in [-0.05, 0) is 43.9 Å². The lowest BCUT2D eigenvalue weighted by Crippen LogP contribution is -2.47. The molecule has 1 aliphatic carbocycles. The Labute approximate surface area is 140 Å². The molecule has 0 aliphatic heterocycles. The van der Waals surface area contributed by atoms with Gasteiger partial charge >= 0.3 is 0 Å². The zero-order valence-electron chi connectivity index (χ0n) is 13.1. The van der Waals surface area contributed by atoms with Crippen LogP contribution in [0.2, 0.25) is 5.02 Å². The summed E-state index contributed by atoms with van der Waals surface area (Å²) in [7, 11) is 0. The van der Waals surface area contributed by atoms with E-state index >= 15 is 0 Å². The molecule has 0 saturated heterocycles. The van der Waals surface area contributed by atoms with Gasteiger partial charge in [0.1, 0.15) is 0 Å². The van der Waals surface area contributed by atoms with Gasteiger partial charge in [0.25, 0.3) is 5.91 Å². The summed E-state index contributed by atoms with van der Waals surface area (Å²) in [5, 5.41) is 17.9. The number of hydrogen-bond acceptors (Lipinski definition) is 3. The van der Waals surface area contributed by atoms with E-state index in [0.717, 1.165) is 24.8 Å². The molecule has 0 radical (unpaired) electrons. The van der Waals surface area contributed by atoms with E-state index in [1.54, 1.807) is 17.8 Å². The first kappa shape index (κ1) is 16.0. The third-order valence-electron chi connectivity index (χ3n) is 4.29. The van der Waals surface area contributed by atoms with Gasteiger partial charge in [-0.2, -0.15) is 5.10 Å². The number of carbonyl (C=O) groups excluding carboxylic acids is 1. The van der Waals surface area contributed by atoms with Crippen molar-refractivity contribution in [2.75, 3.05) is 6.54 Å². The zero-order chi connectivity index (χ0) is 16.4. The average Bonchev–Trinajstić information content (AvgIpc) is 2.83. The molecule has 1 amide bonds. The molecule has 1 heterocycles. The SMILES string of the molecule is Cc1nn(Cc2cccc(Cl)c2)cc1C(=O)NCC1(O)CCC1. The maximum Gasteiger partial charge on any atom is 0.254 e. The van der Waals surface area contributed by atoms with Gasteiger partial charge < -0.3 is 10.4 Å². The second-order valence-corrected chi connectivity index (χ2v) is 6.65. The molecule has 2 N–H and O–H groups in total. The van der Waals surface area contributed by atoms with Crippen molar-refractivity contribution in [3.63, 3.8) is 0 Å². The van der Waals surface area contributed by atoms with Crippen LogP contribution in [0.25, 0.3) is 0 Å². The van der Waals surface area contributed by atoms with E-state index in [4.69, 9.17) is 11.6 Å². The van der Waals surface area contributed by atoms with Gasteiger partial charge in [0.2, 0.25) is 0 Å². The maximum atomic E-state index is 12.3. The molecule has 0 unspecified atom stereocenters. The second kappa shape index (κ2) is 6.34. The zero-order valence-corrected chi connectivity index (χ0v) is 13.8. The first-order valence-electron chi connectivity index (χ1n) is 7.74. The van der Waals surface area contributed by atoms with Gasteiger partial charge in [0.15, 0.2) is 0 Å². The van der Waals surface area contributed by atoms with Crippen LogP contribution in [0.5, 0.6) is 0 Å². The van der Waals surface area contributed by atoms with Crippen LogP contribution < -0.4 is 5.32 Å². The number of aliphatic hydroxyl groups is 1. The van der Waals surface area contributed by atoms with Gasteiger partial charge in [-0.1, -0.05) is 23.7 Å². The van der Waals surface area contributed by atoms with Gasteiger partial charge in [-0.15, -0.1) is 0 Å². The lowest BCUT2D eigenvalue weighted by Gasteiger charge is -2.36. The normalized spacial score (nSPS) is 16.0. The quantitative estimate of drug-likeness (QED) is 0.883. The van der Waals surface area contributed by atoms with Crippen molar-refractivity contribution in [3.8, 4) is 0 Å². The Kier molecular flexibility index (Phi) is 4.41. The molecule has 23 heavy (non-hydrogen) atoms. The van der Waals surface area contributed by atoms with E-state index in [2.05, 4.69) is 10.4 Å². The van der Waals surface area contributed by atoms with Crippen LogP contribution in [-0.4, -0.2) is 32.9 Å². The van der Waals surface area contributed by atoms with Crippen LogP contribution in [0.1, 0.15) is 40.9 Å². The molecule has 122 valence electrons. The highest BCUT2D eigenvalue weighted by Gasteiger charge is 2.34. The fourth-order valence-electron chi connectivity index (χ4n) is 2.75. The van der Waals surface area contributed by atoms with Crippen molar-refractivity contribution >= 4 is 17.5 Å². The molecule has 0 bridgehead atoms. The molecule has 1 aliphatic rings. The summed E-state index contributed by atoms with van der Waals surface area (Å²) in [6, 6.07) is 7.56. The molecule has 1 aromatic carbocycles. The number of benzene rings is 1. The molecule has 1 saturated carbocycles. The predicted molar refractivity (Wildman–Crippen MR) is 88.7 cm³/mol. The van der Waals surface area contributed by atoms with Gasteiger partial charge in [-0.3, -0.25) is 9.48 Å². The Morgan fingerprint density at radius 1 is 1.48 bits per heavy atom. The minimum atomic E-state index is -0.722. The molecule has 0 spiro atoms. The fourth-order valence-corrected chi connectivity index (χ4v) is 2.96. The summed E-state index contributed by atoms with van der Waals surface area (Å²) in [4.78, 5) is 12.3. The summed E-state index contributed by atoms with van der Waals surface area (Å²) in [5.41, 5.74) is 1.51. The summed E-state index contributed by atoms with van der Waals surface area (Å²) >= 11 is 5.98. The van der Waals surface area contributed by atoms with E-state index < -0.39 is 5.60 Å².